The van der Waals surface area contributed by atoms with Gasteiger partial charge in [0.25, 0.3) is 0 Å². The van der Waals surface area contributed by atoms with E-state index in [0.717, 1.165) is 0 Å². The molecule has 0 heterocycles. The molecule has 0 radical (unpaired) electrons. The van der Waals surface area contributed by atoms with Crippen LogP contribution in [0.2, 0.25) is 0 Å². The zero-order valence-electron chi connectivity index (χ0n) is 26.0. The van der Waals surface area contributed by atoms with Gasteiger partial charge in [0.1, 0.15) is 27.7 Å². The van der Waals surface area contributed by atoms with Crippen LogP contribution in [0.5, 0.6) is 17.2 Å². The lowest BCUT2D eigenvalue weighted by Gasteiger charge is -2.21. The lowest BCUT2D eigenvalue weighted by atomic mass is 10.2. The molecule has 0 aliphatic rings. The lowest BCUT2D eigenvalue weighted by molar-refractivity contribution is 0.0188. The Morgan fingerprint density at radius 1 is 0.442 bits per heavy atom. The Balaban J connectivity index is 2.20. The predicted octanol–water partition coefficient (Wildman–Crippen LogP) is 8.72. The second-order valence-corrected chi connectivity index (χ2v) is 14.3. The molecule has 3 rings (SSSR count). The maximum atomic E-state index is 12.8. The van der Waals surface area contributed by atoms with Crippen LogP contribution in [0.1, 0.15) is 62.3 Å². The first-order valence-electron chi connectivity index (χ1n) is 13.7. The number of benzene rings is 3. The highest BCUT2D eigenvalue weighted by Crippen LogP contribution is 2.44. The van der Waals surface area contributed by atoms with Crippen molar-refractivity contribution in [3.8, 4) is 17.2 Å². The molecule has 0 fully saturated rings. The van der Waals surface area contributed by atoms with Gasteiger partial charge in [0.2, 0.25) is 14.7 Å². The summed E-state index contributed by atoms with van der Waals surface area (Å²) in [5, 5.41) is 0. The molecular formula is C33H39O9S+. The summed E-state index contributed by atoms with van der Waals surface area (Å²) in [4.78, 5) is 39.9. The van der Waals surface area contributed by atoms with Crippen molar-refractivity contribution in [1.82, 2.24) is 0 Å². The van der Waals surface area contributed by atoms with Crippen LogP contribution in [0, 0.1) is 0 Å². The number of para-hydroxylation sites is 3. The van der Waals surface area contributed by atoms with E-state index in [1.165, 1.54) is 0 Å². The largest absolute Gasteiger partial charge is 0.514 e. The van der Waals surface area contributed by atoms with Gasteiger partial charge in [-0.05, 0) is 98.7 Å². The van der Waals surface area contributed by atoms with Gasteiger partial charge in [-0.1, -0.05) is 36.4 Å². The van der Waals surface area contributed by atoms with Gasteiger partial charge >= 0.3 is 18.5 Å². The summed E-state index contributed by atoms with van der Waals surface area (Å²) in [6.45, 7) is 15.6. The molecule has 0 amide bonds. The minimum Gasteiger partial charge on any atom is -0.428 e. The molecule has 0 saturated carbocycles. The van der Waals surface area contributed by atoms with E-state index in [1.54, 1.807) is 135 Å². The first kappa shape index (κ1) is 33.3. The van der Waals surface area contributed by atoms with Gasteiger partial charge < -0.3 is 28.4 Å². The number of carbonyl (C=O) groups is 3. The fourth-order valence-electron chi connectivity index (χ4n) is 3.55. The molecule has 0 aromatic heterocycles. The van der Waals surface area contributed by atoms with Gasteiger partial charge in [-0.3, -0.25) is 0 Å². The summed E-state index contributed by atoms with van der Waals surface area (Å²) in [6, 6.07) is 20.7. The summed E-state index contributed by atoms with van der Waals surface area (Å²) in [5.74, 6) is 0.623. The van der Waals surface area contributed by atoms with Crippen LogP contribution < -0.4 is 14.2 Å². The first-order chi connectivity index (χ1) is 19.9. The maximum absolute atomic E-state index is 12.8. The van der Waals surface area contributed by atoms with Crippen LogP contribution >= 0.6 is 0 Å². The fourth-order valence-corrected chi connectivity index (χ4v) is 5.83. The zero-order chi connectivity index (χ0) is 32.0. The molecular weight excluding hydrogens is 572 g/mol. The van der Waals surface area contributed by atoms with Gasteiger partial charge in [0.05, 0.1) is 0 Å². The van der Waals surface area contributed by atoms with Crippen LogP contribution in [0.4, 0.5) is 14.4 Å². The highest BCUT2D eigenvalue weighted by atomic mass is 32.2. The summed E-state index contributed by atoms with van der Waals surface area (Å²) in [6.07, 6.45) is -2.67. The van der Waals surface area contributed by atoms with Crippen LogP contribution in [0.15, 0.2) is 87.5 Å². The Morgan fingerprint density at radius 3 is 0.907 bits per heavy atom. The van der Waals surface area contributed by atoms with E-state index in [4.69, 9.17) is 28.4 Å². The molecule has 43 heavy (non-hydrogen) atoms. The van der Waals surface area contributed by atoms with E-state index in [-0.39, 0.29) is 17.2 Å². The van der Waals surface area contributed by atoms with Crippen LogP contribution in [0.25, 0.3) is 0 Å². The molecule has 0 spiro atoms. The summed E-state index contributed by atoms with van der Waals surface area (Å²) < 4.78 is 33.3. The molecule has 0 atom stereocenters. The van der Waals surface area contributed by atoms with E-state index < -0.39 is 46.2 Å². The number of ether oxygens (including phenoxy) is 6. The van der Waals surface area contributed by atoms with E-state index >= 15 is 0 Å². The van der Waals surface area contributed by atoms with Crippen molar-refractivity contribution in [2.24, 2.45) is 0 Å². The van der Waals surface area contributed by atoms with Crippen molar-refractivity contribution < 1.29 is 42.8 Å². The van der Waals surface area contributed by atoms with Crippen molar-refractivity contribution in [1.29, 1.82) is 0 Å². The van der Waals surface area contributed by atoms with Crippen molar-refractivity contribution in [3.05, 3.63) is 72.8 Å². The van der Waals surface area contributed by atoms with E-state index in [2.05, 4.69) is 0 Å². The molecule has 3 aromatic rings. The topological polar surface area (TPSA) is 107 Å². The normalized spacial score (nSPS) is 11.9. The van der Waals surface area contributed by atoms with Crippen molar-refractivity contribution in [2.75, 3.05) is 0 Å². The Morgan fingerprint density at radius 2 is 0.674 bits per heavy atom. The smallest absolute Gasteiger partial charge is 0.428 e. The predicted molar refractivity (Wildman–Crippen MR) is 162 cm³/mol. The van der Waals surface area contributed by atoms with Gasteiger partial charge in [-0.15, -0.1) is 0 Å². The molecule has 9 nitrogen and oxygen atoms in total. The van der Waals surface area contributed by atoms with Gasteiger partial charge in [0, 0.05) is 0 Å². The minimum atomic E-state index is -1.17. The molecule has 3 aromatic carbocycles. The van der Waals surface area contributed by atoms with Crippen LogP contribution in [-0.2, 0) is 25.1 Å². The molecule has 0 aliphatic carbocycles. The fraction of sp³-hybridized carbons (Fsp3) is 0.364. The monoisotopic (exact) mass is 611 g/mol. The molecule has 0 N–H and O–H groups in total. The number of rotatable bonds is 6. The first-order valence-corrected chi connectivity index (χ1v) is 14.9. The molecule has 0 unspecified atom stereocenters. The standard InChI is InChI=1S/C33H39O9S/c1-31(2,3)40-28(34)37-22-16-10-13-19-25(22)43(26-20-14-11-17-23(26)38-29(35)41-32(4,5)6)27-21-15-12-18-24(27)39-30(36)42-33(7,8)9/h10-21H,1-9H3/q+1. The molecule has 0 aliphatic heterocycles. The minimum absolute atomic E-state index is 0.208. The maximum Gasteiger partial charge on any atom is 0.514 e. The van der Waals surface area contributed by atoms with E-state index in [1.807, 2.05) is 0 Å². The Hall–Kier alpha value is -4.18. The average molecular weight is 612 g/mol. The van der Waals surface area contributed by atoms with Gasteiger partial charge in [-0.2, -0.15) is 0 Å². The quantitative estimate of drug-likeness (QED) is 0.117. The second-order valence-electron chi connectivity index (χ2n) is 12.3. The highest BCUT2D eigenvalue weighted by molar-refractivity contribution is 7.97. The lowest BCUT2D eigenvalue weighted by Crippen LogP contribution is -2.27. The molecule has 10 heteroatoms. The van der Waals surface area contributed by atoms with Crippen molar-refractivity contribution in [3.63, 3.8) is 0 Å². The number of hydrogen-bond donors (Lipinski definition) is 0. The van der Waals surface area contributed by atoms with Crippen LogP contribution in [0.3, 0.4) is 0 Å². The Labute approximate surface area is 255 Å². The SMILES string of the molecule is CC(C)(C)OC(=O)Oc1ccccc1[S+](c1ccccc1OC(=O)OC(C)(C)C)c1ccccc1OC(=O)OC(C)(C)C. The Bertz CT molecular complexity index is 1270. The highest BCUT2D eigenvalue weighted by Gasteiger charge is 2.40. The van der Waals surface area contributed by atoms with Gasteiger partial charge in [0.15, 0.2) is 17.2 Å². The number of carbonyl (C=O) groups excluding carboxylic acids is 3. The molecule has 0 saturated heterocycles. The zero-order valence-corrected chi connectivity index (χ0v) is 26.8. The third-order valence-corrected chi connectivity index (χ3v) is 7.29. The molecule has 230 valence electrons. The second kappa shape index (κ2) is 13.4. The Kier molecular flexibility index (Phi) is 10.4. The van der Waals surface area contributed by atoms with Crippen LogP contribution in [-0.4, -0.2) is 35.3 Å². The van der Waals surface area contributed by atoms with Crippen molar-refractivity contribution >= 4 is 29.4 Å². The third kappa shape index (κ3) is 10.6. The van der Waals surface area contributed by atoms with E-state index in [0.29, 0.717) is 14.7 Å². The summed E-state index contributed by atoms with van der Waals surface area (Å²) >= 11 is 0. The van der Waals surface area contributed by atoms with Crippen molar-refractivity contribution in [2.45, 2.75) is 93.8 Å². The third-order valence-electron chi connectivity index (χ3n) is 4.96. The number of hydrogen-bond acceptors (Lipinski definition) is 9. The van der Waals surface area contributed by atoms with E-state index in [9.17, 15) is 14.4 Å². The summed E-state index contributed by atoms with van der Waals surface area (Å²) in [7, 11) is -1.17. The molecule has 0 bridgehead atoms. The summed E-state index contributed by atoms with van der Waals surface area (Å²) in [5.41, 5.74) is -2.35. The van der Waals surface area contributed by atoms with Gasteiger partial charge in [-0.25, -0.2) is 14.4 Å². The average Bonchev–Trinajstić information content (AvgIpc) is 2.83.